The first-order chi connectivity index (χ1) is 8.06. The van der Waals surface area contributed by atoms with E-state index in [9.17, 15) is 0 Å². The van der Waals surface area contributed by atoms with Crippen LogP contribution in [0.1, 0.15) is 5.56 Å². The van der Waals surface area contributed by atoms with Crippen LogP contribution in [0.15, 0.2) is 30.4 Å². The van der Waals surface area contributed by atoms with Crippen molar-refractivity contribution < 1.29 is 0 Å². The highest BCUT2D eigenvalue weighted by atomic mass is 35.5. The third-order valence-electron chi connectivity index (χ3n) is 2.95. The van der Waals surface area contributed by atoms with E-state index in [1.807, 2.05) is 30.0 Å². The molecule has 1 heterocycles. The first-order valence-electron chi connectivity index (χ1n) is 4.93. The van der Waals surface area contributed by atoms with Gasteiger partial charge in [0.05, 0.1) is 24.8 Å². The standard InChI is InChI=1S/C12H6Cl4S/c13-7-5-6(9(14)11(16)10(7)15)12-4-2-1-3-8(12)17-12/h1-5,8H. The van der Waals surface area contributed by atoms with E-state index in [1.54, 1.807) is 0 Å². The number of thioether (sulfide) groups is 1. The predicted octanol–water partition coefficient (Wildman–Crippen LogP) is 5.74. The number of benzene rings is 1. The Kier molecular flexibility index (Phi) is 2.96. The van der Waals surface area contributed by atoms with Crippen LogP contribution in [0.25, 0.3) is 0 Å². The average Bonchev–Trinajstić information content (AvgIpc) is 3.06. The molecule has 0 nitrogen and oxygen atoms in total. The van der Waals surface area contributed by atoms with Gasteiger partial charge in [-0.1, -0.05) is 70.7 Å². The highest BCUT2D eigenvalue weighted by Crippen LogP contribution is 2.66. The third kappa shape index (κ3) is 1.75. The van der Waals surface area contributed by atoms with Gasteiger partial charge in [-0.3, -0.25) is 0 Å². The lowest BCUT2D eigenvalue weighted by Crippen LogP contribution is -2.10. The molecule has 0 saturated carbocycles. The van der Waals surface area contributed by atoms with Gasteiger partial charge in [-0.25, -0.2) is 0 Å². The molecular weight excluding hydrogens is 318 g/mol. The van der Waals surface area contributed by atoms with Crippen LogP contribution >= 0.6 is 58.2 Å². The molecule has 2 unspecified atom stereocenters. The van der Waals surface area contributed by atoms with E-state index >= 15 is 0 Å². The lowest BCUT2D eigenvalue weighted by molar-refractivity contribution is 0.905. The maximum Gasteiger partial charge on any atom is 0.0797 e. The van der Waals surface area contributed by atoms with Crippen LogP contribution in [0.5, 0.6) is 0 Å². The second-order valence-electron chi connectivity index (χ2n) is 3.92. The Morgan fingerprint density at radius 2 is 1.76 bits per heavy atom. The number of hydrogen-bond acceptors (Lipinski definition) is 1. The minimum atomic E-state index is -0.107. The molecule has 2 atom stereocenters. The van der Waals surface area contributed by atoms with Crippen molar-refractivity contribution in [2.24, 2.45) is 0 Å². The zero-order chi connectivity index (χ0) is 12.2. The van der Waals surface area contributed by atoms with Gasteiger partial charge in [0.1, 0.15) is 0 Å². The van der Waals surface area contributed by atoms with Crippen LogP contribution in [0.2, 0.25) is 20.1 Å². The molecule has 1 aromatic carbocycles. The molecular formula is C12H6Cl4S. The smallest absolute Gasteiger partial charge is 0.0797 e. The van der Waals surface area contributed by atoms with E-state index < -0.39 is 0 Å². The molecule has 1 fully saturated rings. The number of rotatable bonds is 1. The number of fused-ring (bicyclic) bond motifs is 1. The molecule has 5 heteroatoms. The zero-order valence-electron chi connectivity index (χ0n) is 8.38. The van der Waals surface area contributed by atoms with E-state index in [4.69, 9.17) is 46.4 Å². The molecule has 1 saturated heterocycles. The second kappa shape index (κ2) is 4.11. The molecule has 0 amide bonds. The summed E-state index contributed by atoms with van der Waals surface area (Å²) < 4.78 is -0.107. The maximum atomic E-state index is 6.27. The Balaban J connectivity index is 2.18. The van der Waals surface area contributed by atoms with Gasteiger partial charge in [0.25, 0.3) is 0 Å². The lowest BCUT2D eigenvalue weighted by Gasteiger charge is -2.16. The van der Waals surface area contributed by atoms with E-state index in [0.29, 0.717) is 25.3 Å². The SMILES string of the molecule is Clc1cc(C23C=CC=CC2S3)c(Cl)c(Cl)c1Cl. The van der Waals surface area contributed by atoms with Crippen LogP contribution in [0, 0.1) is 0 Å². The summed E-state index contributed by atoms with van der Waals surface area (Å²) in [5, 5.41) is 2.00. The van der Waals surface area contributed by atoms with Crippen LogP contribution in [-0.2, 0) is 4.75 Å². The van der Waals surface area contributed by atoms with E-state index in [2.05, 4.69) is 12.2 Å². The quantitative estimate of drug-likeness (QED) is 0.361. The van der Waals surface area contributed by atoms with Crippen LogP contribution < -0.4 is 0 Å². The van der Waals surface area contributed by atoms with Crippen molar-refractivity contribution in [3.63, 3.8) is 0 Å². The predicted molar refractivity (Wildman–Crippen MR) is 77.8 cm³/mol. The summed E-state index contributed by atoms with van der Waals surface area (Å²) in [7, 11) is 0. The Bertz CT molecular complexity index is 564. The Labute approximate surface area is 124 Å². The summed E-state index contributed by atoms with van der Waals surface area (Å²) in [6, 6.07) is 1.81. The van der Waals surface area contributed by atoms with Gasteiger partial charge in [-0.05, 0) is 11.6 Å². The van der Waals surface area contributed by atoms with Gasteiger partial charge in [-0.2, -0.15) is 0 Å². The fraction of sp³-hybridized carbons (Fsp3) is 0.167. The number of hydrogen-bond donors (Lipinski definition) is 0. The molecule has 0 aromatic heterocycles. The Hall–Kier alpha value is 0.210. The molecule has 3 rings (SSSR count). The van der Waals surface area contributed by atoms with Crippen molar-refractivity contribution in [1.82, 2.24) is 0 Å². The lowest BCUT2D eigenvalue weighted by atomic mass is 9.92. The average molecular weight is 324 g/mol. The fourth-order valence-electron chi connectivity index (χ4n) is 2.02. The molecule has 2 aliphatic rings. The van der Waals surface area contributed by atoms with Crippen LogP contribution in [-0.4, -0.2) is 5.25 Å². The van der Waals surface area contributed by atoms with Gasteiger partial charge in [0.2, 0.25) is 0 Å². The van der Waals surface area contributed by atoms with Crippen molar-refractivity contribution in [3.8, 4) is 0 Å². The van der Waals surface area contributed by atoms with Crippen molar-refractivity contribution >= 4 is 58.2 Å². The van der Waals surface area contributed by atoms with Gasteiger partial charge in [-0.15, -0.1) is 11.8 Å². The summed E-state index contributed by atoms with van der Waals surface area (Å²) in [6.07, 6.45) is 8.33. The highest BCUT2D eigenvalue weighted by molar-refractivity contribution is 8.08. The normalized spacial score (nSPS) is 29.3. The number of halogens is 4. The zero-order valence-corrected chi connectivity index (χ0v) is 12.2. The van der Waals surface area contributed by atoms with Crippen LogP contribution in [0.3, 0.4) is 0 Å². The van der Waals surface area contributed by atoms with Gasteiger partial charge in [0, 0.05) is 5.25 Å². The van der Waals surface area contributed by atoms with Crippen LogP contribution in [0.4, 0.5) is 0 Å². The van der Waals surface area contributed by atoms with Crippen molar-refractivity contribution in [3.05, 3.63) is 56.0 Å². The topological polar surface area (TPSA) is 0 Å². The summed E-state index contributed by atoms with van der Waals surface area (Å²) in [6.45, 7) is 0. The summed E-state index contributed by atoms with van der Waals surface area (Å²) in [4.78, 5) is 0. The van der Waals surface area contributed by atoms with Gasteiger partial charge >= 0.3 is 0 Å². The molecule has 0 bridgehead atoms. The highest BCUT2D eigenvalue weighted by Gasteiger charge is 2.55. The van der Waals surface area contributed by atoms with E-state index in [-0.39, 0.29) is 4.75 Å². The molecule has 88 valence electrons. The molecule has 1 aliphatic carbocycles. The molecule has 1 aliphatic heterocycles. The van der Waals surface area contributed by atoms with Gasteiger partial charge < -0.3 is 0 Å². The number of allylic oxidation sites excluding steroid dienone is 2. The minimum absolute atomic E-state index is 0.107. The molecule has 0 N–H and O–H groups in total. The largest absolute Gasteiger partial charge is 0.135 e. The molecule has 0 radical (unpaired) electrons. The third-order valence-corrected chi connectivity index (χ3v) is 6.23. The van der Waals surface area contributed by atoms with Gasteiger partial charge in [0.15, 0.2) is 0 Å². The Morgan fingerprint density at radius 1 is 1.00 bits per heavy atom. The van der Waals surface area contributed by atoms with E-state index in [0.717, 1.165) is 5.56 Å². The molecule has 0 spiro atoms. The monoisotopic (exact) mass is 322 g/mol. The molecule has 17 heavy (non-hydrogen) atoms. The van der Waals surface area contributed by atoms with Crippen molar-refractivity contribution in [2.45, 2.75) is 10.00 Å². The summed E-state index contributed by atoms with van der Waals surface area (Å²) in [5.41, 5.74) is 0.939. The second-order valence-corrected chi connectivity index (χ2v) is 6.88. The first kappa shape index (κ1) is 12.3. The minimum Gasteiger partial charge on any atom is -0.135 e. The summed E-state index contributed by atoms with van der Waals surface area (Å²) in [5.74, 6) is 0. The van der Waals surface area contributed by atoms with Crippen molar-refractivity contribution in [2.75, 3.05) is 0 Å². The first-order valence-corrected chi connectivity index (χ1v) is 7.33. The fourth-order valence-corrected chi connectivity index (χ4v) is 4.28. The Morgan fingerprint density at radius 3 is 2.47 bits per heavy atom. The maximum absolute atomic E-state index is 6.27. The van der Waals surface area contributed by atoms with E-state index in [1.165, 1.54) is 0 Å². The summed E-state index contributed by atoms with van der Waals surface area (Å²) >= 11 is 26.2. The van der Waals surface area contributed by atoms with Crippen molar-refractivity contribution in [1.29, 1.82) is 0 Å². The molecule has 1 aromatic rings.